The van der Waals surface area contributed by atoms with Gasteiger partial charge in [0, 0.05) is 31.2 Å². The highest BCUT2D eigenvalue weighted by molar-refractivity contribution is 5.88. The highest BCUT2D eigenvalue weighted by Gasteiger charge is 2.28. The Morgan fingerprint density at radius 2 is 2.12 bits per heavy atom. The Morgan fingerprint density at radius 3 is 2.85 bits per heavy atom. The number of unbranched alkanes of at least 4 members (excludes halogenated alkanes) is 1. The molecule has 3 atom stereocenters. The van der Waals surface area contributed by atoms with Crippen molar-refractivity contribution in [2.75, 3.05) is 11.9 Å². The van der Waals surface area contributed by atoms with Crippen molar-refractivity contribution < 1.29 is 14.3 Å². The first kappa shape index (κ1) is 25.7. The molecule has 2 aromatic rings. The fraction of sp³-hybridized carbons (Fsp3) is 0.615. The van der Waals surface area contributed by atoms with Crippen LogP contribution in [0.5, 0.6) is 0 Å². The molecule has 0 unspecified atom stereocenters. The first-order valence-electron chi connectivity index (χ1n) is 12.6. The fourth-order valence-corrected chi connectivity index (χ4v) is 4.65. The molecule has 0 spiro atoms. The molecule has 1 aliphatic heterocycles. The van der Waals surface area contributed by atoms with Gasteiger partial charge in [0.2, 0.25) is 5.91 Å². The summed E-state index contributed by atoms with van der Waals surface area (Å²) in [5, 5.41) is 4.35. The molecule has 3 rings (SSSR count). The van der Waals surface area contributed by atoms with Crippen LogP contribution in [-0.2, 0) is 21.1 Å². The van der Waals surface area contributed by atoms with Gasteiger partial charge in [0.1, 0.15) is 17.8 Å². The average molecular weight is 470 g/mol. The third-order valence-corrected chi connectivity index (χ3v) is 6.90. The van der Waals surface area contributed by atoms with Gasteiger partial charge in [0.05, 0.1) is 5.39 Å². The molecule has 1 fully saturated rings. The zero-order valence-electron chi connectivity index (χ0n) is 20.8. The lowest BCUT2D eigenvalue weighted by atomic mass is 9.94. The first-order chi connectivity index (χ1) is 16.5. The summed E-state index contributed by atoms with van der Waals surface area (Å²) in [6.45, 7) is 10.8. The molecule has 8 heteroatoms. The number of carbonyl (C=O) groups is 2. The van der Waals surface area contributed by atoms with E-state index in [0.717, 1.165) is 36.9 Å². The summed E-state index contributed by atoms with van der Waals surface area (Å²) in [5.74, 6) is 1.09. The summed E-state index contributed by atoms with van der Waals surface area (Å²) in [7, 11) is 0. The number of carbonyl (C=O) groups excluding carboxylic acids is 2. The standard InChI is InChI=1S/C26H39N5O3/c1-5-8-9-20(6-2)11-13-24(33)34-18-30-15-14-22-25(27-17-28-26(22)30)29-21-12-10-19(4)31(16-21)23(32)7-3/h7,14-15,17,19-21H,3,5-6,8-13,16,18H2,1-2,4H3,(H,27,28,29)/t19-,20-,21+/m0/s1. The van der Waals surface area contributed by atoms with Crippen LogP contribution in [0.25, 0.3) is 11.0 Å². The Kier molecular flexibility index (Phi) is 9.48. The summed E-state index contributed by atoms with van der Waals surface area (Å²) in [6, 6.07) is 2.23. The van der Waals surface area contributed by atoms with Gasteiger partial charge in [0.25, 0.3) is 0 Å². The number of esters is 1. The molecule has 3 heterocycles. The van der Waals surface area contributed by atoms with Crippen LogP contribution < -0.4 is 5.32 Å². The van der Waals surface area contributed by atoms with Crippen molar-refractivity contribution in [1.29, 1.82) is 0 Å². The molecule has 1 N–H and O–H groups in total. The highest BCUT2D eigenvalue weighted by Crippen LogP contribution is 2.25. The molecule has 0 aromatic carbocycles. The molecule has 2 aromatic heterocycles. The van der Waals surface area contributed by atoms with Crippen LogP contribution in [0.3, 0.4) is 0 Å². The molecule has 0 saturated carbocycles. The average Bonchev–Trinajstić information content (AvgIpc) is 3.27. The van der Waals surface area contributed by atoms with Crippen molar-refractivity contribution >= 4 is 28.7 Å². The number of hydrogen-bond donors (Lipinski definition) is 1. The molecule has 1 amide bonds. The minimum absolute atomic E-state index is 0.0459. The first-order valence-corrected chi connectivity index (χ1v) is 12.6. The molecule has 1 saturated heterocycles. The van der Waals surface area contributed by atoms with Gasteiger partial charge in [0.15, 0.2) is 6.73 Å². The number of hydrogen-bond acceptors (Lipinski definition) is 6. The highest BCUT2D eigenvalue weighted by atomic mass is 16.5. The lowest BCUT2D eigenvalue weighted by Crippen LogP contribution is -2.49. The molecule has 34 heavy (non-hydrogen) atoms. The lowest BCUT2D eigenvalue weighted by Gasteiger charge is -2.38. The number of nitrogens with zero attached hydrogens (tertiary/aromatic N) is 4. The number of nitrogens with one attached hydrogen (secondary N) is 1. The second-order valence-corrected chi connectivity index (χ2v) is 9.31. The van der Waals surface area contributed by atoms with Gasteiger partial charge in [-0.15, -0.1) is 0 Å². The van der Waals surface area contributed by atoms with Gasteiger partial charge in [-0.1, -0.05) is 46.1 Å². The van der Waals surface area contributed by atoms with Crippen LogP contribution in [0.2, 0.25) is 0 Å². The van der Waals surface area contributed by atoms with E-state index in [0.29, 0.717) is 24.5 Å². The Bertz CT molecular complexity index is 972. The number of rotatable bonds is 12. The van der Waals surface area contributed by atoms with Crippen molar-refractivity contribution in [2.45, 2.75) is 91.0 Å². The second kappa shape index (κ2) is 12.5. The Balaban J connectivity index is 1.58. The minimum Gasteiger partial charge on any atom is -0.444 e. The van der Waals surface area contributed by atoms with Crippen LogP contribution in [0, 0.1) is 5.92 Å². The fourth-order valence-electron chi connectivity index (χ4n) is 4.65. The van der Waals surface area contributed by atoms with Gasteiger partial charge in [-0.25, -0.2) is 9.97 Å². The summed E-state index contributed by atoms with van der Waals surface area (Å²) in [4.78, 5) is 35.2. The van der Waals surface area contributed by atoms with Crippen LogP contribution in [0.15, 0.2) is 31.2 Å². The number of ether oxygens (including phenoxy) is 1. The van der Waals surface area contributed by atoms with Gasteiger partial charge in [-0.05, 0) is 44.2 Å². The van der Waals surface area contributed by atoms with E-state index in [1.54, 1.807) is 0 Å². The largest absolute Gasteiger partial charge is 0.444 e. The van der Waals surface area contributed by atoms with E-state index in [1.807, 2.05) is 21.7 Å². The van der Waals surface area contributed by atoms with E-state index < -0.39 is 0 Å². The molecule has 1 aliphatic rings. The number of aromatic nitrogens is 3. The second-order valence-electron chi connectivity index (χ2n) is 9.31. The number of likely N-dealkylation sites (tertiary alicyclic amines) is 1. The predicted molar refractivity (Wildman–Crippen MR) is 134 cm³/mol. The SMILES string of the molecule is C=CC(=O)N1C[C@H](Nc2ncnc3c2ccn3COC(=O)CC[C@@H](CC)CCCC)CC[C@@H]1C. The van der Waals surface area contributed by atoms with E-state index in [-0.39, 0.29) is 30.7 Å². The maximum atomic E-state index is 12.3. The Hall–Kier alpha value is -2.90. The van der Waals surface area contributed by atoms with Crippen LogP contribution in [0.1, 0.15) is 72.1 Å². The monoisotopic (exact) mass is 469 g/mol. The quantitative estimate of drug-likeness (QED) is 0.351. The van der Waals surface area contributed by atoms with Gasteiger partial charge < -0.3 is 15.0 Å². The van der Waals surface area contributed by atoms with Crippen molar-refractivity contribution in [3.63, 3.8) is 0 Å². The number of piperidine rings is 1. The Labute approximate surface area is 202 Å². The van der Waals surface area contributed by atoms with Crippen molar-refractivity contribution in [3.8, 4) is 0 Å². The molecule has 0 radical (unpaired) electrons. The topological polar surface area (TPSA) is 89.3 Å². The van der Waals surface area contributed by atoms with E-state index >= 15 is 0 Å². The maximum Gasteiger partial charge on any atom is 0.307 e. The number of fused-ring (bicyclic) bond motifs is 1. The zero-order chi connectivity index (χ0) is 24.5. The predicted octanol–water partition coefficient (Wildman–Crippen LogP) is 4.91. The summed E-state index contributed by atoms with van der Waals surface area (Å²) in [5.41, 5.74) is 0.711. The van der Waals surface area contributed by atoms with Crippen molar-refractivity contribution in [2.24, 2.45) is 5.92 Å². The smallest absolute Gasteiger partial charge is 0.307 e. The molecule has 0 aliphatic carbocycles. The van der Waals surface area contributed by atoms with Gasteiger partial charge in [-0.3, -0.25) is 14.2 Å². The number of anilines is 1. The number of amides is 1. The summed E-state index contributed by atoms with van der Waals surface area (Å²) < 4.78 is 7.36. The summed E-state index contributed by atoms with van der Waals surface area (Å²) in [6.07, 6.45) is 12.6. The van der Waals surface area contributed by atoms with Gasteiger partial charge in [-0.2, -0.15) is 0 Å². The van der Waals surface area contributed by atoms with Crippen LogP contribution >= 0.6 is 0 Å². The van der Waals surface area contributed by atoms with E-state index in [4.69, 9.17) is 4.74 Å². The molecular weight excluding hydrogens is 430 g/mol. The Morgan fingerprint density at radius 1 is 1.29 bits per heavy atom. The van der Waals surface area contributed by atoms with Crippen molar-refractivity contribution in [3.05, 3.63) is 31.2 Å². The molecule has 186 valence electrons. The third-order valence-electron chi connectivity index (χ3n) is 6.90. The third kappa shape index (κ3) is 6.58. The van der Waals surface area contributed by atoms with E-state index in [1.165, 1.54) is 31.7 Å². The molecular formula is C26H39N5O3. The van der Waals surface area contributed by atoms with Gasteiger partial charge >= 0.3 is 5.97 Å². The van der Waals surface area contributed by atoms with Crippen LogP contribution in [-0.4, -0.2) is 49.9 Å². The molecule has 0 bridgehead atoms. The maximum absolute atomic E-state index is 12.3. The van der Waals surface area contributed by atoms with Crippen LogP contribution in [0.4, 0.5) is 5.82 Å². The normalized spacial score (nSPS) is 19.1. The summed E-state index contributed by atoms with van der Waals surface area (Å²) >= 11 is 0. The van der Waals surface area contributed by atoms with E-state index in [2.05, 4.69) is 42.6 Å². The molecule has 8 nitrogen and oxygen atoms in total. The minimum atomic E-state index is -0.174. The van der Waals surface area contributed by atoms with Crippen molar-refractivity contribution in [1.82, 2.24) is 19.4 Å². The lowest BCUT2D eigenvalue weighted by molar-refractivity contribution is -0.147. The zero-order valence-corrected chi connectivity index (χ0v) is 20.8. The van der Waals surface area contributed by atoms with E-state index in [9.17, 15) is 9.59 Å².